The van der Waals surface area contributed by atoms with Gasteiger partial charge in [0.25, 0.3) is 5.56 Å². The monoisotopic (exact) mass is 283 g/mol. The molecule has 1 aliphatic heterocycles. The Bertz CT molecular complexity index is 651. The zero-order chi connectivity index (χ0) is 14.7. The third-order valence-corrected chi connectivity index (χ3v) is 4.24. The number of hydrogen-bond donors (Lipinski definition) is 0. The number of hydrogen-bond acceptors (Lipinski definition) is 3. The van der Waals surface area contributed by atoms with Gasteiger partial charge in [0.15, 0.2) is 0 Å². The number of piperidine rings is 1. The molecule has 0 unspecified atom stereocenters. The molecule has 4 heteroatoms. The summed E-state index contributed by atoms with van der Waals surface area (Å²) in [6.07, 6.45) is 9.27. The van der Waals surface area contributed by atoms with Crippen LogP contribution < -0.4 is 5.56 Å². The smallest absolute Gasteiger partial charge is 0.250 e. The first-order valence-corrected chi connectivity index (χ1v) is 7.53. The van der Waals surface area contributed by atoms with Crippen LogP contribution in [0, 0.1) is 0 Å². The Morgan fingerprint density at radius 1 is 1.33 bits per heavy atom. The maximum absolute atomic E-state index is 11.8. The Balaban J connectivity index is 1.81. The van der Waals surface area contributed by atoms with Crippen LogP contribution in [0.25, 0.3) is 0 Å². The lowest BCUT2D eigenvalue weighted by Gasteiger charge is -2.35. The molecule has 110 valence electrons. The minimum Gasteiger partial charge on any atom is -0.319 e. The number of pyridine rings is 2. The van der Waals surface area contributed by atoms with E-state index in [2.05, 4.69) is 16.0 Å². The molecule has 3 rings (SSSR count). The van der Waals surface area contributed by atoms with Crippen LogP contribution in [0.4, 0.5) is 0 Å². The summed E-state index contributed by atoms with van der Waals surface area (Å²) in [6, 6.07) is 8.35. The highest BCUT2D eigenvalue weighted by Gasteiger charge is 2.24. The molecular formula is C17H21N3O. The maximum Gasteiger partial charge on any atom is 0.250 e. The Labute approximate surface area is 125 Å². The SMILES string of the molecule is Cn1ccc(CN2CCCC[C@@H]2c2cccnc2)cc1=O. The minimum atomic E-state index is 0.0578. The van der Waals surface area contributed by atoms with Crippen molar-refractivity contribution in [2.75, 3.05) is 6.54 Å². The van der Waals surface area contributed by atoms with Crippen LogP contribution in [0.15, 0.2) is 47.7 Å². The summed E-state index contributed by atoms with van der Waals surface area (Å²) in [5, 5.41) is 0. The van der Waals surface area contributed by atoms with Crippen molar-refractivity contribution in [2.24, 2.45) is 7.05 Å². The predicted octanol–water partition coefficient (Wildman–Crippen LogP) is 2.51. The van der Waals surface area contributed by atoms with Crippen LogP contribution in [0.2, 0.25) is 0 Å². The fourth-order valence-electron chi connectivity index (χ4n) is 3.05. The van der Waals surface area contributed by atoms with Crippen molar-refractivity contribution in [3.05, 3.63) is 64.3 Å². The van der Waals surface area contributed by atoms with Crippen molar-refractivity contribution >= 4 is 0 Å². The van der Waals surface area contributed by atoms with E-state index < -0.39 is 0 Å². The number of aromatic nitrogens is 2. The highest BCUT2D eigenvalue weighted by atomic mass is 16.1. The molecule has 0 spiro atoms. The van der Waals surface area contributed by atoms with Crippen LogP contribution in [0.3, 0.4) is 0 Å². The second-order valence-electron chi connectivity index (χ2n) is 5.75. The average Bonchev–Trinajstić information content (AvgIpc) is 2.52. The Morgan fingerprint density at radius 2 is 2.24 bits per heavy atom. The highest BCUT2D eigenvalue weighted by Crippen LogP contribution is 2.31. The summed E-state index contributed by atoms with van der Waals surface area (Å²) in [4.78, 5) is 18.5. The van der Waals surface area contributed by atoms with Gasteiger partial charge in [-0.2, -0.15) is 0 Å². The summed E-state index contributed by atoms with van der Waals surface area (Å²) in [7, 11) is 1.78. The predicted molar refractivity (Wildman–Crippen MR) is 82.9 cm³/mol. The number of nitrogens with zero attached hydrogens (tertiary/aromatic N) is 3. The van der Waals surface area contributed by atoms with E-state index in [0.717, 1.165) is 25.1 Å². The molecule has 1 aliphatic rings. The van der Waals surface area contributed by atoms with Gasteiger partial charge in [0.2, 0.25) is 0 Å². The average molecular weight is 283 g/mol. The summed E-state index contributed by atoms with van der Waals surface area (Å²) in [5.74, 6) is 0. The lowest BCUT2D eigenvalue weighted by Crippen LogP contribution is -2.33. The zero-order valence-electron chi connectivity index (χ0n) is 12.4. The van der Waals surface area contributed by atoms with Gasteiger partial charge in [-0.15, -0.1) is 0 Å². The lowest BCUT2D eigenvalue weighted by atomic mass is 9.96. The van der Waals surface area contributed by atoms with E-state index in [9.17, 15) is 4.79 Å². The van der Waals surface area contributed by atoms with Crippen molar-refractivity contribution in [1.29, 1.82) is 0 Å². The first-order chi connectivity index (χ1) is 10.2. The maximum atomic E-state index is 11.8. The number of likely N-dealkylation sites (tertiary alicyclic amines) is 1. The van der Waals surface area contributed by atoms with E-state index >= 15 is 0 Å². The van der Waals surface area contributed by atoms with E-state index in [-0.39, 0.29) is 5.56 Å². The van der Waals surface area contributed by atoms with Crippen LogP contribution in [0.5, 0.6) is 0 Å². The normalized spacial score (nSPS) is 19.6. The Morgan fingerprint density at radius 3 is 3.00 bits per heavy atom. The molecule has 0 bridgehead atoms. The summed E-state index contributed by atoms with van der Waals surface area (Å²) >= 11 is 0. The molecule has 0 radical (unpaired) electrons. The van der Waals surface area contributed by atoms with Crippen molar-refractivity contribution in [1.82, 2.24) is 14.5 Å². The molecule has 1 fully saturated rings. The Hall–Kier alpha value is -1.94. The zero-order valence-corrected chi connectivity index (χ0v) is 12.4. The van der Waals surface area contributed by atoms with Gasteiger partial charge in [-0.1, -0.05) is 12.5 Å². The highest BCUT2D eigenvalue weighted by molar-refractivity contribution is 5.17. The van der Waals surface area contributed by atoms with E-state index in [1.54, 1.807) is 17.7 Å². The molecule has 0 N–H and O–H groups in total. The molecular weight excluding hydrogens is 262 g/mol. The van der Waals surface area contributed by atoms with Crippen LogP contribution in [-0.4, -0.2) is 21.0 Å². The van der Waals surface area contributed by atoms with Gasteiger partial charge >= 0.3 is 0 Å². The third-order valence-electron chi connectivity index (χ3n) is 4.24. The quantitative estimate of drug-likeness (QED) is 0.868. The topological polar surface area (TPSA) is 38.1 Å². The lowest BCUT2D eigenvalue weighted by molar-refractivity contribution is 0.140. The molecule has 2 aromatic rings. The van der Waals surface area contributed by atoms with E-state index in [1.165, 1.54) is 18.4 Å². The minimum absolute atomic E-state index is 0.0578. The molecule has 0 aromatic carbocycles. The third kappa shape index (κ3) is 3.22. The molecule has 0 saturated carbocycles. The van der Waals surface area contributed by atoms with Gasteiger partial charge < -0.3 is 4.57 Å². The van der Waals surface area contributed by atoms with Crippen molar-refractivity contribution in [2.45, 2.75) is 31.8 Å². The van der Waals surface area contributed by atoms with Gasteiger partial charge in [0.05, 0.1) is 0 Å². The molecule has 1 saturated heterocycles. The molecule has 0 aliphatic carbocycles. The Kier molecular flexibility index (Phi) is 4.15. The molecule has 0 amide bonds. The standard InChI is InChI=1S/C17H21N3O/c1-19-10-7-14(11-17(19)21)13-20-9-3-2-6-16(20)15-5-4-8-18-12-15/h4-5,7-8,10-12,16H,2-3,6,9,13H2,1H3/t16-/m1/s1. The summed E-state index contributed by atoms with van der Waals surface area (Å²) in [5.41, 5.74) is 2.43. The fourth-order valence-corrected chi connectivity index (χ4v) is 3.05. The van der Waals surface area contributed by atoms with Crippen molar-refractivity contribution in [3.63, 3.8) is 0 Å². The van der Waals surface area contributed by atoms with Gasteiger partial charge in [-0.05, 0) is 42.6 Å². The summed E-state index contributed by atoms with van der Waals surface area (Å²) in [6.45, 7) is 1.91. The molecule has 4 nitrogen and oxygen atoms in total. The summed E-state index contributed by atoms with van der Waals surface area (Å²) < 4.78 is 1.61. The largest absolute Gasteiger partial charge is 0.319 e. The van der Waals surface area contributed by atoms with Gasteiger partial charge in [0, 0.05) is 44.3 Å². The van der Waals surface area contributed by atoms with E-state index in [0.29, 0.717) is 6.04 Å². The van der Waals surface area contributed by atoms with Gasteiger partial charge in [-0.3, -0.25) is 14.7 Å². The van der Waals surface area contributed by atoms with Crippen LogP contribution >= 0.6 is 0 Å². The molecule has 3 heterocycles. The van der Waals surface area contributed by atoms with Crippen molar-refractivity contribution in [3.8, 4) is 0 Å². The second-order valence-corrected chi connectivity index (χ2v) is 5.75. The second kappa shape index (κ2) is 6.22. The van der Waals surface area contributed by atoms with E-state index in [1.807, 2.05) is 30.7 Å². The number of rotatable bonds is 3. The molecule has 21 heavy (non-hydrogen) atoms. The first kappa shape index (κ1) is 14.0. The molecule has 1 atom stereocenters. The van der Waals surface area contributed by atoms with Gasteiger partial charge in [0.1, 0.15) is 0 Å². The van der Waals surface area contributed by atoms with Crippen LogP contribution in [-0.2, 0) is 13.6 Å². The van der Waals surface area contributed by atoms with Crippen LogP contribution in [0.1, 0.15) is 36.4 Å². The fraction of sp³-hybridized carbons (Fsp3) is 0.412. The van der Waals surface area contributed by atoms with Crippen molar-refractivity contribution < 1.29 is 0 Å². The number of aryl methyl sites for hydroxylation is 1. The first-order valence-electron chi connectivity index (χ1n) is 7.53. The molecule has 2 aromatic heterocycles. The van der Waals surface area contributed by atoms with E-state index in [4.69, 9.17) is 0 Å². The van der Waals surface area contributed by atoms with Gasteiger partial charge in [-0.25, -0.2) is 0 Å².